The Hall–Kier alpha value is -1.05. The second kappa shape index (κ2) is 2.77. The summed E-state index contributed by atoms with van der Waals surface area (Å²) >= 11 is 0. The summed E-state index contributed by atoms with van der Waals surface area (Å²) in [7, 11) is 0. The zero-order chi connectivity index (χ0) is 8.55. The Bertz CT molecular complexity index is 288. The molecule has 0 spiro atoms. The number of carbonyl (C=O) groups excluding carboxylic acids is 1. The summed E-state index contributed by atoms with van der Waals surface area (Å²) in [6, 6.07) is 0. The summed E-state index contributed by atoms with van der Waals surface area (Å²) < 4.78 is 1.70. The molecule has 1 aliphatic rings. The Morgan fingerprint density at radius 2 is 1.75 bits per heavy atom. The minimum atomic E-state index is 0.115. The molecule has 2 rings (SSSR count). The van der Waals surface area contributed by atoms with Gasteiger partial charge in [-0.1, -0.05) is 0 Å². The lowest BCUT2D eigenvalue weighted by Gasteiger charge is -2.08. The molecule has 0 radical (unpaired) electrons. The smallest absolute Gasteiger partial charge is 0.227 e. The molecule has 0 saturated heterocycles. The van der Waals surface area contributed by atoms with Gasteiger partial charge in [-0.05, 0) is 36.8 Å². The fraction of sp³-hybridized carbons (Fsp3) is 0.500. The first-order valence-corrected chi connectivity index (χ1v) is 4.48. The number of rotatable bonds is 0. The molecule has 1 heterocycles. The van der Waals surface area contributed by atoms with Crippen LogP contribution in [-0.2, 0) is 12.8 Å². The van der Waals surface area contributed by atoms with Crippen LogP contribution in [0, 0.1) is 0 Å². The number of hydrogen-bond donors (Lipinski definition) is 0. The van der Waals surface area contributed by atoms with Gasteiger partial charge >= 0.3 is 0 Å². The molecule has 2 heteroatoms. The van der Waals surface area contributed by atoms with E-state index in [4.69, 9.17) is 0 Å². The second-order valence-corrected chi connectivity index (χ2v) is 3.44. The molecule has 1 aromatic rings. The van der Waals surface area contributed by atoms with E-state index < -0.39 is 0 Å². The number of nitrogens with zero attached hydrogens (tertiary/aromatic N) is 1. The topological polar surface area (TPSA) is 22.0 Å². The first-order valence-electron chi connectivity index (χ1n) is 4.48. The Kier molecular flexibility index (Phi) is 1.75. The fourth-order valence-corrected chi connectivity index (χ4v) is 1.80. The van der Waals surface area contributed by atoms with Crippen molar-refractivity contribution in [1.82, 2.24) is 4.57 Å². The van der Waals surface area contributed by atoms with Crippen molar-refractivity contribution in [2.24, 2.45) is 0 Å². The van der Waals surface area contributed by atoms with E-state index in [-0.39, 0.29) is 5.91 Å². The number of carbonyl (C=O) groups is 1. The summed E-state index contributed by atoms with van der Waals surface area (Å²) in [5, 5.41) is 0. The average Bonchev–Trinajstić information content (AvgIpc) is 2.46. The summed E-state index contributed by atoms with van der Waals surface area (Å²) in [6.45, 7) is 1.60. The Balaban J connectivity index is 2.38. The normalized spacial score (nSPS) is 15.8. The molecule has 0 amide bonds. The molecule has 0 N–H and O–H groups in total. The molecule has 64 valence electrons. The molecule has 2 nitrogen and oxygen atoms in total. The highest BCUT2D eigenvalue weighted by molar-refractivity contribution is 5.76. The van der Waals surface area contributed by atoms with E-state index in [1.54, 1.807) is 11.5 Å². The monoisotopic (exact) mass is 163 g/mol. The average molecular weight is 163 g/mol. The molecule has 0 fully saturated rings. The van der Waals surface area contributed by atoms with Crippen LogP contribution in [0.2, 0.25) is 0 Å². The van der Waals surface area contributed by atoms with Crippen LogP contribution in [0.15, 0.2) is 12.4 Å². The fourth-order valence-electron chi connectivity index (χ4n) is 1.80. The van der Waals surface area contributed by atoms with E-state index in [2.05, 4.69) is 0 Å². The molecule has 1 aromatic heterocycles. The van der Waals surface area contributed by atoms with Gasteiger partial charge in [-0.2, -0.15) is 0 Å². The molecule has 1 aliphatic carbocycles. The van der Waals surface area contributed by atoms with Gasteiger partial charge in [-0.15, -0.1) is 0 Å². The van der Waals surface area contributed by atoms with E-state index in [0.717, 1.165) is 12.8 Å². The lowest BCUT2D eigenvalue weighted by Crippen LogP contribution is -2.01. The highest BCUT2D eigenvalue weighted by atomic mass is 16.1. The number of aryl methyl sites for hydroxylation is 2. The lowest BCUT2D eigenvalue weighted by molar-refractivity contribution is 0.0936. The molecule has 0 aliphatic heterocycles. The van der Waals surface area contributed by atoms with E-state index in [9.17, 15) is 4.79 Å². The maximum Gasteiger partial charge on any atom is 0.227 e. The quantitative estimate of drug-likeness (QED) is 0.573. The van der Waals surface area contributed by atoms with Crippen LogP contribution >= 0.6 is 0 Å². The Labute approximate surface area is 72.2 Å². The van der Waals surface area contributed by atoms with Crippen LogP contribution < -0.4 is 0 Å². The third kappa shape index (κ3) is 1.17. The molecule has 0 saturated carbocycles. The van der Waals surface area contributed by atoms with Gasteiger partial charge < -0.3 is 0 Å². The van der Waals surface area contributed by atoms with Crippen LogP contribution in [0.1, 0.15) is 35.7 Å². The molecule has 0 unspecified atom stereocenters. The molecule has 12 heavy (non-hydrogen) atoms. The van der Waals surface area contributed by atoms with E-state index in [0.29, 0.717) is 0 Å². The standard InChI is InChI=1S/C10H13NO/c1-8(12)11-6-9-4-2-3-5-10(9)7-11/h6-7H,2-5H2,1H3. The number of hydrogen-bond acceptors (Lipinski definition) is 1. The van der Waals surface area contributed by atoms with Crippen molar-refractivity contribution in [3.05, 3.63) is 23.5 Å². The zero-order valence-corrected chi connectivity index (χ0v) is 7.34. The van der Waals surface area contributed by atoms with Crippen molar-refractivity contribution >= 4 is 5.91 Å². The first-order chi connectivity index (χ1) is 5.77. The molecular formula is C10H13NO. The molecule has 0 bridgehead atoms. The predicted octanol–water partition coefficient (Wildman–Crippen LogP) is 2.03. The van der Waals surface area contributed by atoms with E-state index >= 15 is 0 Å². The maximum atomic E-state index is 11.0. The van der Waals surface area contributed by atoms with Crippen molar-refractivity contribution in [2.45, 2.75) is 32.6 Å². The van der Waals surface area contributed by atoms with Crippen LogP contribution in [-0.4, -0.2) is 10.5 Å². The first kappa shape index (κ1) is 7.59. The molecule has 0 atom stereocenters. The van der Waals surface area contributed by atoms with Gasteiger partial charge in [0.2, 0.25) is 5.91 Å². The Morgan fingerprint density at radius 3 is 2.17 bits per heavy atom. The predicted molar refractivity (Wildman–Crippen MR) is 47.4 cm³/mol. The van der Waals surface area contributed by atoms with Gasteiger partial charge in [-0.3, -0.25) is 9.36 Å². The zero-order valence-electron chi connectivity index (χ0n) is 7.34. The van der Waals surface area contributed by atoms with Crippen LogP contribution in [0.5, 0.6) is 0 Å². The minimum Gasteiger partial charge on any atom is -0.294 e. The molecule has 0 aromatic carbocycles. The van der Waals surface area contributed by atoms with Gasteiger partial charge in [0, 0.05) is 19.3 Å². The van der Waals surface area contributed by atoms with Gasteiger partial charge in [-0.25, -0.2) is 0 Å². The van der Waals surface area contributed by atoms with Gasteiger partial charge in [0.1, 0.15) is 0 Å². The summed E-state index contributed by atoms with van der Waals surface area (Å²) in [4.78, 5) is 11.0. The van der Waals surface area contributed by atoms with Crippen LogP contribution in [0.3, 0.4) is 0 Å². The SMILES string of the molecule is CC(=O)n1cc2c(c1)CCCC2. The summed E-state index contributed by atoms with van der Waals surface area (Å²) in [5.74, 6) is 0.115. The number of aromatic nitrogens is 1. The maximum absolute atomic E-state index is 11.0. The number of fused-ring (bicyclic) bond motifs is 1. The minimum absolute atomic E-state index is 0.115. The Morgan fingerprint density at radius 1 is 1.25 bits per heavy atom. The third-order valence-corrected chi connectivity index (χ3v) is 2.51. The van der Waals surface area contributed by atoms with E-state index in [1.807, 2.05) is 12.4 Å². The van der Waals surface area contributed by atoms with Crippen molar-refractivity contribution < 1.29 is 4.79 Å². The van der Waals surface area contributed by atoms with Crippen molar-refractivity contribution in [3.63, 3.8) is 0 Å². The third-order valence-electron chi connectivity index (χ3n) is 2.51. The second-order valence-electron chi connectivity index (χ2n) is 3.44. The summed E-state index contributed by atoms with van der Waals surface area (Å²) in [6.07, 6.45) is 8.81. The lowest BCUT2D eigenvalue weighted by atomic mass is 9.96. The highest BCUT2D eigenvalue weighted by Gasteiger charge is 2.12. The van der Waals surface area contributed by atoms with Crippen molar-refractivity contribution in [2.75, 3.05) is 0 Å². The van der Waals surface area contributed by atoms with Gasteiger partial charge in [0.25, 0.3) is 0 Å². The van der Waals surface area contributed by atoms with Crippen molar-refractivity contribution in [3.8, 4) is 0 Å². The van der Waals surface area contributed by atoms with Gasteiger partial charge in [0.15, 0.2) is 0 Å². The van der Waals surface area contributed by atoms with Crippen LogP contribution in [0.25, 0.3) is 0 Å². The highest BCUT2D eigenvalue weighted by Crippen LogP contribution is 2.21. The summed E-state index contributed by atoms with van der Waals surface area (Å²) in [5.41, 5.74) is 2.74. The molecular weight excluding hydrogens is 150 g/mol. The van der Waals surface area contributed by atoms with Gasteiger partial charge in [0.05, 0.1) is 0 Å². The van der Waals surface area contributed by atoms with E-state index in [1.165, 1.54) is 24.0 Å². The van der Waals surface area contributed by atoms with Crippen LogP contribution in [0.4, 0.5) is 0 Å². The largest absolute Gasteiger partial charge is 0.294 e. The van der Waals surface area contributed by atoms with Crippen molar-refractivity contribution in [1.29, 1.82) is 0 Å².